The van der Waals surface area contributed by atoms with Crippen LogP contribution in [0.15, 0.2) is 47.4 Å². The van der Waals surface area contributed by atoms with E-state index in [1.807, 2.05) is 24.3 Å². The van der Waals surface area contributed by atoms with Crippen LogP contribution in [0.3, 0.4) is 0 Å². The Morgan fingerprint density at radius 2 is 1.85 bits per heavy atom. The molecule has 0 spiro atoms. The molecule has 0 aliphatic rings. The second-order valence-corrected chi connectivity index (χ2v) is 9.51. The molecule has 0 bridgehead atoms. The monoisotopic (exact) mass is 408 g/mol. The molecule has 136 valence electrons. The zero-order chi connectivity index (χ0) is 19.1. The molecule has 1 N–H and O–H groups in total. The van der Waals surface area contributed by atoms with E-state index in [0.29, 0.717) is 21.2 Å². The Labute approximate surface area is 161 Å². The van der Waals surface area contributed by atoms with Crippen molar-refractivity contribution in [3.8, 4) is 0 Å². The van der Waals surface area contributed by atoms with Gasteiger partial charge in [-0.15, -0.1) is 11.3 Å². The van der Waals surface area contributed by atoms with Gasteiger partial charge in [-0.25, -0.2) is 12.7 Å². The summed E-state index contributed by atoms with van der Waals surface area (Å²) >= 11 is 7.63. The average molecular weight is 409 g/mol. The number of hydrogen-bond donors (Lipinski definition) is 1. The lowest BCUT2D eigenvalue weighted by Gasteiger charge is -2.15. The largest absolute Gasteiger partial charge is 0.321 e. The highest BCUT2D eigenvalue weighted by atomic mass is 35.5. The van der Waals surface area contributed by atoms with Gasteiger partial charge in [-0.05, 0) is 30.7 Å². The van der Waals surface area contributed by atoms with Crippen molar-refractivity contribution in [3.05, 3.63) is 57.9 Å². The Hall–Kier alpha value is -1.93. The molecule has 1 heterocycles. The number of nitrogens with zero attached hydrogens (tertiary/aromatic N) is 1. The molecule has 1 amide bonds. The Bertz CT molecular complexity index is 1100. The molecule has 0 unspecified atom stereocenters. The molecule has 0 atom stereocenters. The summed E-state index contributed by atoms with van der Waals surface area (Å²) in [4.78, 5) is 13.2. The van der Waals surface area contributed by atoms with E-state index >= 15 is 0 Å². The molecule has 2 aromatic carbocycles. The van der Waals surface area contributed by atoms with Crippen LogP contribution in [0.2, 0.25) is 5.02 Å². The molecule has 26 heavy (non-hydrogen) atoms. The number of nitrogens with one attached hydrogen (secondary N) is 1. The van der Waals surface area contributed by atoms with E-state index in [1.54, 1.807) is 19.1 Å². The van der Waals surface area contributed by atoms with Crippen molar-refractivity contribution >= 4 is 54.6 Å². The lowest BCUT2D eigenvalue weighted by molar-refractivity contribution is 0.103. The zero-order valence-electron chi connectivity index (χ0n) is 14.4. The first-order valence-corrected chi connectivity index (χ1v) is 10.4. The molecule has 0 saturated heterocycles. The Morgan fingerprint density at radius 1 is 1.15 bits per heavy atom. The number of amides is 1. The van der Waals surface area contributed by atoms with Gasteiger partial charge >= 0.3 is 0 Å². The molecular weight excluding hydrogens is 392 g/mol. The number of aryl methyl sites for hydroxylation is 1. The summed E-state index contributed by atoms with van der Waals surface area (Å²) < 4.78 is 26.9. The standard InChI is InChI=1S/C18H17ClN2O3S2/c1-11-8-9-12(10-15(11)26(23,24)21(2)3)20-18(22)17-16(19)13-6-4-5-7-14(13)25-17/h4-10H,1-3H3,(H,20,22). The first kappa shape index (κ1) is 18.8. The van der Waals surface area contributed by atoms with E-state index < -0.39 is 10.0 Å². The Balaban J connectivity index is 1.96. The third-order valence-electron chi connectivity index (χ3n) is 3.95. The highest BCUT2D eigenvalue weighted by Gasteiger charge is 2.21. The maximum atomic E-state index is 12.6. The molecule has 3 aromatic rings. The molecule has 1 aromatic heterocycles. The lowest BCUT2D eigenvalue weighted by atomic mass is 10.2. The number of hydrogen-bond acceptors (Lipinski definition) is 4. The second kappa shape index (κ2) is 7.00. The first-order valence-electron chi connectivity index (χ1n) is 7.73. The lowest BCUT2D eigenvalue weighted by Crippen LogP contribution is -2.23. The van der Waals surface area contributed by atoms with Crippen LogP contribution in [0.5, 0.6) is 0 Å². The Morgan fingerprint density at radius 3 is 2.50 bits per heavy atom. The number of thiophene rings is 1. The predicted molar refractivity (Wildman–Crippen MR) is 107 cm³/mol. The summed E-state index contributed by atoms with van der Waals surface area (Å²) in [6, 6.07) is 12.3. The normalized spacial score (nSPS) is 11.9. The van der Waals surface area contributed by atoms with Crippen molar-refractivity contribution in [2.45, 2.75) is 11.8 Å². The highest BCUT2D eigenvalue weighted by Crippen LogP contribution is 2.35. The van der Waals surface area contributed by atoms with Gasteiger partial charge in [0.1, 0.15) is 4.88 Å². The molecule has 0 saturated carbocycles. The third kappa shape index (κ3) is 3.35. The van der Waals surface area contributed by atoms with Gasteiger partial charge in [0.15, 0.2) is 0 Å². The summed E-state index contributed by atoms with van der Waals surface area (Å²) in [5.41, 5.74) is 1.01. The topological polar surface area (TPSA) is 66.5 Å². The molecule has 0 aliphatic heterocycles. The quantitative estimate of drug-likeness (QED) is 0.697. The average Bonchev–Trinajstić information content (AvgIpc) is 2.93. The van der Waals surface area contributed by atoms with Crippen LogP contribution in [0.1, 0.15) is 15.2 Å². The predicted octanol–water partition coefficient (Wildman–Crippen LogP) is 4.37. The summed E-state index contributed by atoms with van der Waals surface area (Å²) in [7, 11) is -0.662. The van der Waals surface area contributed by atoms with Crippen molar-refractivity contribution in [3.63, 3.8) is 0 Å². The second-order valence-electron chi connectivity index (χ2n) is 5.96. The van der Waals surface area contributed by atoms with Gasteiger partial charge in [-0.3, -0.25) is 4.79 Å². The van der Waals surface area contributed by atoms with E-state index in [1.165, 1.54) is 31.5 Å². The van der Waals surface area contributed by atoms with Gasteiger partial charge in [0.05, 0.1) is 9.92 Å². The number of carbonyl (C=O) groups is 1. The Kier molecular flexibility index (Phi) is 5.07. The molecular formula is C18H17ClN2O3S2. The molecule has 5 nitrogen and oxygen atoms in total. The van der Waals surface area contributed by atoms with Crippen molar-refractivity contribution in [2.75, 3.05) is 19.4 Å². The summed E-state index contributed by atoms with van der Waals surface area (Å²) in [6.45, 7) is 1.71. The van der Waals surface area contributed by atoms with Crippen LogP contribution < -0.4 is 5.32 Å². The SMILES string of the molecule is Cc1ccc(NC(=O)c2sc3ccccc3c2Cl)cc1S(=O)(=O)N(C)C. The van der Waals surface area contributed by atoms with Crippen molar-refractivity contribution in [2.24, 2.45) is 0 Å². The van der Waals surface area contributed by atoms with Crippen LogP contribution in [-0.2, 0) is 10.0 Å². The van der Waals surface area contributed by atoms with Crippen LogP contribution in [0.25, 0.3) is 10.1 Å². The fraction of sp³-hybridized carbons (Fsp3) is 0.167. The van der Waals surface area contributed by atoms with Crippen molar-refractivity contribution in [1.82, 2.24) is 4.31 Å². The van der Waals surface area contributed by atoms with E-state index in [2.05, 4.69) is 5.32 Å². The molecule has 0 fully saturated rings. The maximum Gasteiger partial charge on any atom is 0.267 e. The van der Waals surface area contributed by atoms with E-state index in [0.717, 1.165) is 14.4 Å². The van der Waals surface area contributed by atoms with E-state index in [-0.39, 0.29) is 10.8 Å². The van der Waals surface area contributed by atoms with Gasteiger partial charge < -0.3 is 5.32 Å². The van der Waals surface area contributed by atoms with Crippen LogP contribution in [-0.4, -0.2) is 32.7 Å². The minimum absolute atomic E-state index is 0.155. The number of fused-ring (bicyclic) bond motifs is 1. The van der Waals surface area contributed by atoms with Crippen LogP contribution >= 0.6 is 22.9 Å². The van der Waals surface area contributed by atoms with Gasteiger partial charge in [-0.2, -0.15) is 0 Å². The maximum absolute atomic E-state index is 12.6. The minimum Gasteiger partial charge on any atom is -0.321 e. The fourth-order valence-electron chi connectivity index (χ4n) is 2.50. The smallest absolute Gasteiger partial charge is 0.267 e. The molecule has 0 radical (unpaired) electrons. The van der Waals surface area contributed by atoms with Crippen molar-refractivity contribution < 1.29 is 13.2 Å². The summed E-state index contributed by atoms with van der Waals surface area (Å²) in [6.07, 6.45) is 0. The number of sulfonamides is 1. The zero-order valence-corrected chi connectivity index (χ0v) is 16.8. The first-order chi connectivity index (χ1) is 12.2. The van der Waals surface area contributed by atoms with Gasteiger partial charge in [0.2, 0.25) is 10.0 Å². The number of halogens is 1. The molecule has 0 aliphatic carbocycles. The third-order valence-corrected chi connectivity index (χ3v) is 7.58. The van der Waals surface area contributed by atoms with Crippen LogP contribution in [0.4, 0.5) is 5.69 Å². The number of benzene rings is 2. The summed E-state index contributed by atoms with van der Waals surface area (Å²) in [5, 5.41) is 3.97. The van der Waals surface area contributed by atoms with E-state index in [4.69, 9.17) is 11.6 Å². The van der Waals surface area contributed by atoms with Gasteiger partial charge in [-0.1, -0.05) is 35.9 Å². The van der Waals surface area contributed by atoms with Gasteiger partial charge in [0.25, 0.3) is 5.91 Å². The number of rotatable bonds is 4. The van der Waals surface area contributed by atoms with Gasteiger partial charge in [0, 0.05) is 29.9 Å². The van der Waals surface area contributed by atoms with Crippen molar-refractivity contribution in [1.29, 1.82) is 0 Å². The highest BCUT2D eigenvalue weighted by molar-refractivity contribution is 7.89. The van der Waals surface area contributed by atoms with Crippen LogP contribution in [0, 0.1) is 6.92 Å². The fourth-order valence-corrected chi connectivity index (χ4v) is 5.06. The van der Waals surface area contributed by atoms with E-state index in [9.17, 15) is 13.2 Å². The number of anilines is 1. The summed E-state index contributed by atoms with van der Waals surface area (Å²) in [5.74, 6) is -0.367. The minimum atomic E-state index is -3.60. The molecule has 8 heteroatoms. The number of carbonyl (C=O) groups excluding carboxylic acids is 1. The molecule has 3 rings (SSSR count).